The predicted molar refractivity (Wildman–Crippen MR) is 91.7 cm³/mol. The molecular formula is C18H15N5O2. The minimum absolute atomic E-state index is 0.0101. The van der Waals surface area contributed by atoms with E-state index in [1.165, 1.54) is 0 Å². The van der Waals surface area contributed by atoms with Crippen molar-refractivity contribution in [3.63, 3.8) is 0 Å². The van der Waals surface area contributed by atoms with Crippen molar-refractivity contribution in [3.05, 3.63) is 59.9 Å². The number of anilines is 1. The zero-order valence-corrected chi connectivity index (χ0v) is 13.5. The van der Waals surface area contributed by atoms with E-state index in [0.29, 0.717) is 22.7 Å². The average Bonchev–Trinajstić information content (AvgIpc) is 2.66. The number of para-hydroxylation sites is 1. The minimum Gasteiger partial charge on any atom is -0.496 e. The third-order valence-corrected chi connectivity index (χ3v) is 3.45. The van der Waals surface area contributed by atoms with E-state index in [9.17, 15) is 5.26 Å². The smallest absolute Gasteiger partial charge is 0.237 e. The zero-order chi connectivity index (χ0) is 17.6. The Morgan fingerprint density at radius 1 is 1.12 bits per heavy atom. The normalized spacial score (nSPS) is 10.1. The van der Waals surface area contributed by atoms with Crippen LogP contribution in [0.5, 0.6) is 11.6 Å². The van der Waals surface area contributed by atoms with Gasteiger partial charge in [-0.15, -0.1) is 0 Å². The van der Waals surface area contributed by atoms with Gasteiger partial charge in [-0.05, 0) is 24.3 Å². The van der Waals surface area contributed by atoms with E-state index in [1.54, 1.807) is 25.4 Å². The van der Waals surface area contributed by atoms with Crippen molar-refractivity contribution in [1.82, 2.24) is 15.0 Å². The molecule has 3 rings (SSSR count). The molecule has 2 aromatic heterocycles. The fraction of sp³-hybridized carbons (Fsp3) is 0.111. The fourth-order valence-electron chi connectivity index (χ4n) is 2.32. The first-order valence-electron chi connectivity index (χ1n) is 7.46. The van der Waals surface area contributed by atoms with E-state index < -0.39 is 0 Å². The molecule has 0 saturated heterocycles. The van der Waals surface area contributed by atoms with Crippen LogP contribution in [0.15, 0.2) is 48.7 Å². The van der Waals surface area contributed by atoms with Crippen molar-refractivity contribution in [1.29, 1.82) is 5.26 Å². The molecule has 3 aromatic rings. The Morgan fingerprint density at radius 2 is 1.92 bits per heavy atom. The number of methoxy groups -OCH3 is 1. The number of aromatic nitrogens is 3. The van der Waals surface area contributed by atoms with Crippen LogP contribution in [0.4, 0.5) is 5.95 Å². The van der Waals surface area contributed by atoms with Crippen molar-refractivity contribution < 1.29 is 9.47 Å². The van der Waals surface area contributed by atoms with Gasteiger partial charge >= 0.3 is 0 Å². The van der Waals surface area contributed by atoms with Crippen LogP contribution in [0, 0.1) is 11.3 Å². The first kappa shape index (κ1) is 16.2. The summed E-state index contributed by atoms with van der Waals surface area (Å²) in [6.45, 7) is 0.164. The molecule has 0 radical (unpaired) electrons. The Bertz CT molecular complexity index is 922. The van der Waals surface area contributed by atoms with E-state index in [2.05, 4.69) is 21.0 Å². The summed E-state index contributed by atoms with van der Waals surface area (Å²) in [4.78, 5) is 12.4. The van der Waals surface area contributed by atoms with Crippen LogP contribution in [-0.2, 0) is 6.61 Å². The van der Waals surface area contributed by atoms with Crippen LogP contribution in [0.25, 0.3) is 11.3 Å². The van der Waals surface area contributed by atoms with Crippen molar-refractivity contribution in [2.75, 3.05) is 12.8 Å². The lowest BCUT2D eigenvalue weighted by Crippen LogP contribution is -2.07. The summed E-state index contributed by atoms with van der Waals surface area (Å²) >= 11 is 0. The summed E-state index contributed by atoms with van der Waals surface area (Å²) in [6, 6.07) is 14.8. The number of nitriles is 1. The molecule has 2 N–H and O–H groups in total. The molecule has 0 aliphatic heterocycles. The van der Waals surface area contributed by atoms with Gasteiger partial charge in [-0.2, -0.15) is 10.2 Å². The van der Waals surface area contributed by atoms with Crippen molar-refractivity contribution in [3.8, 4) is 29.0 Å². The number of ether oxygens (including phenoxy) is 2. The van der Waals surface area contributed by atoms with Gasteiger partial charge in [-0.3, -0.25) is 4.98 Å². The van der Waals surface area contributed by atoms with Crippen LogP contribution in [-0.4, -0.2) is 22.1 Å². The quantitative estimate of drug-likeness (QED) is 0.764. The van der Waals surface area contributed by atoms with E-state index in [4.69, 9.17) is 15.2 Å². The lowest BCUT2D eigenvalue weighted by molar-refractivity contribution is 0.288. The summed E-state index contributed by atoms with van der Waals surface area (Å²) in [6.07, 6.45) is 1.67. The lowest BCUT2D eigenvalue weighted by Gasteiger charge is -2.12. The molecule has 0 saturated carbocycles. The second-order valence-electron chi connectivity index (χ2n) is 5.03. The number of pyridine rings is 1. The average molecular weight is 333 g/mol. The summed E-state index contributed by atoms with van der Waals surface area (Å²) in [7, 11) is 1.55. The number of hydrogen-bond donors (Lipinski definition) is 1. The highest BCUT2D eigenvalue weighted by Crippen LogP contribution is 2.34. The number of nitrogen functional groups attached to an aromatic ring is 1. The van der Waals surface area contributed by atoms with E-state index in [-0.39, 0.29) is 24.0 Å². The molecule has 0 spiro atoms. The molecular weight excluding hydrogens is 318 g/mol. The van der Waals surface area contributed by atoms with Gasteiger partial charge < -0.3 is 15.2 Å². The van der Waals surface area contributed by atoms with Gasteiger partial charge in [-0.1, -0.05) is 18.2 Å². The van der Waals surface area contributed by atoms with Gasteiger partial charge in [0.15, 0.2) is 0 Å². The highest BCUT2D eigenvalue weighted by Gasteiger charge is 2.19. The zero-order valence-electron chi connectivity index (χ0n) is 13.5. The third-order valence-electron chi connectivity index (χ3n) is 3.45. The molecule has 0 unspecified atom stereocenters. The van der Waals surface area contributed by atoms with Crippen LogP contribution >= 0.6 is 0 Å². The Morgan fingerprint density at radius 3 is 2.64 bits per heavy atom. The Hall–Kier alpha value is -3.66. The van der Waals surface area contributed by atoms with Crippen LogP contribution in [0.3, 0.4) is 0 Å². The van der Waals surface area contributed by atoms with Gasteiger partial charge in [0.25, 0.3) is 0 Å². The molecule has 0 amide bonds. The maximum atomic E-state index is 9.61. The van der Waals surface area contributed by atoms with Gasteiger partial charge in [0.1, 0.15) is 29.7 Å². The molecule has 1 aromatic carbocycles. The number of benzene rings is 1. The monoisotopic (exact) mass is 333 g/mol. The van der Waals surface area contributed by atoms with Crippen molar-refractivity contribution >= 4 is 5.95 Å². The Labute approximate surface area is 144 Å². The Kier molecular flexibility index (Phi) is 4.72. The number of nitrogens with zero attached hydrogens (tertiary/aromatic N) is 4. The topological polar surface area (TPSA) is 107 Å². The summed E-state index contributed by atoms with van der Waals surface area (Å²) in [5.74, 6) is 0.699. The largest absolute Gasteiger partial charge is 0.496 e. The fourth-order valence-corrected chi connectivity index (χ4v) is 2.32. The summed E-state index contributed by atoms with van der Waals surface area (Å²) < 4.78 is 11.0. The first-order chi connectivity index (χ1) is 12.2. The van der Waals surface area contributed by atoms with Gasteiger partial charge in [-0.25, -0.2) is 4.98 Å². The van der Waals surface area contributed by atoms with Gasteiger partial charge in [0, 0.05) is 11.8 Å². The molecule has 0 bridgehead atoms. The van der Waals surface area contributed by atoms with Gasteiger partial charge in [0.2, 0.25) is 11.8 Å². The number of hydrogen-bond acceptors (Lipinski definition) is 7. The Balaban J connectivity index is 2.03. The molecule has 7 nitrogen and oxygen atoms in total. The molecule has 7 heteroatoms. The third kappa shape index (κ3) is 3.48. The predicted octanol–water partition coefficient (Wildman–Crippen LogP) is 2.58. The van der Waals surface area contributed by atoms with E-state index in [1.807, 2.05) is 30.3 Å². The van der Waals surface area contributed by atoms with E-state index >= 15 is 0 Å². The van der Waals surface area contributed by atoms with Gasteiger partial charge in [0.05, 0.1) is 12.8 Å². The molecule has 124 valence electrons. The van der Waals surface area contributed by atoms with E-state index in [0.717, 1.165) is 0 Å². The first-order valence-corrected chi connectivity index (χ1v) is 7.46. The molecule has 25 heavy (non-hydrogen) atoms. The molecule has 0 aliphatic carbocycles. The summed E-state index contributed by atoms with van der Waals surface area (Å²) in [5.41, 5.74) is 7.71. The molecule has 0 atom stereocenters. The van der Waals surface area contributed by atoms with Crippen LogP contribution in [0.2, 0.25) is 0 Å². The maximum absolute atomic E-state index is 9.61. The highest BCUT2D eigenvalue weighted by molar-refractivity contribution is 5.74. The molecule has 0 aliphatic rings. The van der Waals surface area contributed by atoms with Crippen molar-refractivity contribution in [2.45, 2.75) is 6.61 Å². The molecule has 0 fully saturated rings. The maximum Gasteiger partial charge on any atom is 0.237 e. The van der Waals surface area contributed by atoms with Crippen molar-refractivity contribution in [2.24, 2.45) is 0 Å². The lowest BCUT2D eigenvalue weighted by atomic mass is 10.1. The standard InChI is InChI=1S/C18H15N5O2/c1-24-15-8-3-2-7-13(15)16-14(10-19)17(23-18(20)22-16)25-11-12-6-4-5-9-21-12/h2-9H,11H2,1H3,(H2,20,22,23). The summed E-state index contributed by atoms with van der Waals surface area (Å²) in [5, 5.41) is 9.61. The second-order valence-corrected chi connectivity index (χ2v) is 5.03. The van der Waals surface area contributed by atoms with Crippen LogP contribution < -0.4 is 15.2 Å². The number of nitrogens with two attached hydrogens (primary N) is 1. The van der Waals surface area contributed by atoms with Crippen LogP contribution in [0.1, 0.15) is 11.3 Å². The number of rotatable bonds is 5. The highest BCUT2D eigenvalue weighted by atomic mass is 16.5. The SMILES string of the molecule is COc1ccccc1-c1nc(N)nc(OCc2ccccn2)c1C#N. The molecule has 2 heterocycles. The minimum atomic E-state index is 0.0101. The second kappa shape index (κ2) is 7.27.